The Labute approximate surface area is 408 Å². The highest BCUT2D eigenvalue weighted by Gasteiger charge is 2.48. The summed E-state index contributed by atoms with van der Waals surface area (Å²) in [7, 11) is 0. The number of ketones is 2. The molecule has 4 amide bonds. The first-order valence-electron chi connectivity index (χ1n) is 22.8. The number of carboxylic acid groups (broad SMARTS) is 1. The van der Waals surface area contributed by atoms with E-state index in [2.05, 4.69) is 68.9 Å². The number of aliphatic hydroxyl groups excluding tert-OH is 1. The smallest absolute Gasteiger partial charge is 0.317 e. The summed E-state index contributed by atoms with van der Waals surface area (Å²) in [6, 6.07) is 0. The first kappa shape index (κ1) is 64.8. The Morgan fingerprint density at radius 1 is 0.569 bits per heavy atom. The molecule has 0 aromatic heterocycles. The third kappa shape index (κ3) is 27.9. The number of rotatable bonds is 11. The van der Waals surface area contributed by atoms with Gasteiger partial charge in [-0.3, -0.25) is 43.4 Å². The normalized spacial score (nSPS) is 18.8. The zero-order valence-electron chi connectivity index (χ0n) is 45.1. The van der Waals surface area contributed by atoms with Gasteiger partial charge in [0.15, 0.2) is 0 Å². The van der Waals surface area contributed by atoms with Gasteiger partial charge in [-0.25, -0.2) is 0 Å². The summed E-state index contributed by atoms with van der Waals surface area (Å²) in [6.45, 7) is 51.3. The maximum atomic E-state index is 12.2. The summed E-state index contributed by atoms with van der Waals surface area (Å²) in [4.78, 5) is 85.8. The van der Waals surface area contributed by atoms with Gasteiger partial charge in [0.2, 0.25) is 23.6 Å². The quantitative estimate of drug-likeness (QED) is 0.149. The molecule has 65 heavy (non-hydrogen) atoms. The van der Waals surface area contributed by atoms with Gasteiger partial charge in [0.05, 0.1) is 22.2 Å². The summed E-state index contributed by atoms with van der Waals surface area (Å²) < 4.78 is -0.132. The molecule has 14 heteroatoms. The Kier molecular flexibility index (Phi) is 24.2. The molecule has 2 aliphatic rings. The molecule has 2 rings (SSSR count). The number of thioether (sulfide) groups is 3. The second kappa shape index (κ2) is 24.3. The number of aliphatic carboxylic acids is 1. The van der Waals surface area contributed by atoms with Crippen molar-refractivity contribution in [2.75, 3.05) is 0 Å². The molecule has 0 bridgehead atoms. The van der Waals surface area contributed by atoms with Gasteiger partial charge in [0.1, 0.15) is 16.8 Å². The molecule has 0 radical (unpaired) electrons. The van der Waals surface area contributed by atoms with Crippen molar-refractivity contribution in [1.29, 1.82) is 0 Å². The van der Waals surface area contributed by atoms with Crippen LogP contribution in [0.2, 0.25) is 0 Å². The van der Waals surface area contributed by atoms with Crippen molar-refractivity contribution >= 4 is 76.5 Å². The van der Waals surface area contributed by atoms with Crippen LogP contribution >= 0.6 is 35.3 Å². The lowest BCUT2D eigenvalue weighted by atomic mass is 9.80. The van der Waals surface area contributed by atoms with Crippen LogP contribution in [0, 0.1) is 22.2 Å². The van der Waals surface area contributed by atoms with Crippen molar-refractivity contribution in [2.24, 2.45) is 22.2 Å². The number of hydrogen-bond acceptors (Lipinski definition) is 11. The van der Waals surface area contributed by atoms with Gasteiger partial charge in [0, 0.05) is 63.8 Å². The first-order chi connectivity index (χ1) is 28.4. The largest absolute Gasteiger partial charge is 0.513 e. The molecule has 2 N–H and O–H groups in total. The van der Waals surface area contributed by atoms with Gasteiger partial charge in [-0.05, 0) is 57.8 Å². The number of aliphatic hydroxyl groups is 1. The first-order valence-corrected chi connectivity index (χ1v) is 25.4. The summed E-state index contributed by atoms with van der Waals surface area (Å²) in [6.07, 6.45) is 2.15. The Balaban J connectivity index is 0. The van der Waals surface area contributed by atoms with E-state index in [1.165, 1.54) is 21.6 Å². The number of likely N-dealkylation sites (tertiary alicyclic amines) is 2. The van der Waals surface area contributed by atoms with Gasteiger partial charge in [0.25, 0.3) is 0 Å². The zero-order chi connectivity index (χ0) is 52.4. The van der Waals surface area contributed by atoms with Crippen molar-refractivity contribution < 1.29 is 43.8 Å². The van der Waals surface area contributed by atoms with Gasteiger partial charge < -0.3 is 10.2 Å². The predicted octanol–water partition coefficient (Wildman–Crippen LogP) is 12.4. The Morgan fingerprint density at radius 2 is 0.954 bits per heavy atom. The minimum Gasteiger partial charge on any atom is -0.513 e. The van der Waals surface area contributed by atoms with Crippen LogP contribution in [0.3, 0.4) is 0 Å². The molecular formula is C51H92N2O9S3. The fourth-order valence-electron chi connectivity index (χ4n) is 6.82. The number of nitrogens with zero attached hydrogens (tertiary/aromatic N) is 2. The SMILES string of the molecule is C=C(O)CC(SC(C)(C)C)C(=O)CC(C)(C)C.CC(C)(C)C1CC(=O)N(C(C)(C)C)C1=O.CC(C)(C)CC(=O)CC(SC(C)(C)C)C(=O)O.CC(C)(C)SC1CC(=O)N(C(C)(C)C)C1=O. The van der Waals surface area contributed by atoms with Crippen LogP contribution in [0.5, 0.6) is 0 Å². The second-order valence-electron chi connectivity index (χ2n) is 25.8. The van der Waals surface area contributed by atoms with Gasteiger partial charge in [-0.2, -0.15) is 0 Å². The molecular weight excluding hydrogens is 881 g/mol. The summed E-state index contributed by atoms with van der Waals surface area (Å²) in [5.41, 5.74) is -1.01. The average Bonchev–Trinajstić information content (AvgIpc) is 3.45. The van der Waals surface area contributed by atoms with E-state index in [1.54, 1.807) is 23.5 Å². The predicted molar refractivity (Wildman–Crippen MR) is 276 cm³/mol. The summed E-state index contributed by atoms with van der Waals surface area (Å²) in [5, 5.41) is 17.4. The number of allylic oxidation sites excluding steroid dienone is 1. The van der Waals surface area contributed by atoms with Crippen molar-refractivity contribution in [3.63, 3.8) is 0 Å². The number of amides is 4. The molecule has 11 nitrogen and oxygen atoms in total. The second-order valence-corrected chi connectivity index (χ2v) is 31.8. The van der Waals surface area contributed by atoms with Crippen molar-refractivity contribution in [1.82, 2.24) is 9.80 Å². The van der Waals surface area contributed by atoms with E-state index >= 15 is 0 Å². The van der Waals surface area contributed by atoms with E-state index in [4.69, 9.17) is 5.11 Å². The lowest BCUT2D eigenvalue weighted by molar-refractivity contribution is -0.146. The molecule has 0 spiro atoms. The molecule has 2 aliphatic heterocycles. The molecule has 0 saturated carbocycles. The van der Waals surface area contributed by atoms with E-state index in [0.717, 1.165) is 0 Å². The molecule has 0 aliphatic carbocycles. The lowest BCUT2D eigenvalue weighted by Gasteiger charge is -2.32. The van der Waals surface area contributed by atoms with E-state index in [9.17, 15) is 38.7 Å². The minimum absolute atomic E-state index is 0.00760. The average molecular weight is 974 g/mol. The van der Waals surface area contributed by atoms with Gasteiger partial charge >= 0.3 is 5.97 Å². The van der Waals surface area contributed by atoms with Crippen LogP contribution in [0.25, 0.3) is 0 Å². The van der Waals surface area contributed by atoms with Crippen LogP contribution in [0.1, 0.15) is 205 Å². The van der Waals surface area contributed by atoms with E-state index < -0.39 is 22.3 Å². The molecule has 0 aromatic carbocycles. The van der Waals surface area contributed by atoms with Crippen LogP contribution < -0.4 is 0 Å². The molecule has 4 unspecified atom stereocenters. The topological polar surface area (TPSA) is 166 Å². The van der Waals surface area contributed by atoms with Crippen LogP contribution in [-0.2, 0) is 33.6 Å². The van der Waals surface area contributed by atoms with Crippen LogP contribution in [-0.4, -0.2) is 102 Å². The van der Waals surface area contributed by atoms with E-state index in [-0.39, 0.29) is 94.3 Å². The Morgan fingerprint density at radius 3 is 1.23 bits per heavy atom. The zero-order valence-corrected chi connectivity index (χ0v) is 47.6. The number of hydrogen-bond donors (Lipinski definition) is 2. The molecule has 378 valence electrons. The Bertz CT molecular complexity index is 1670. The van der Waals surface area contributed by atoms with Crippen LogP contribution in [0.4, 0.5) is 0 Å². The third-order valence-electron chi connectivity index (χ3n) is 9.03. The van der Waals surface area contributed by atoms with E-state index in [0.29, 0.717) is 32.1 Å². The van der Waals surface area contributed by atoms with Crippen molar-refractivity contribution in [3.05, 3.63) is 12.3 Å². The fourth-order valence-corrected chi connectivity index (χ4v) is 10.7. The maximum absolute atomic E-state index is 12.2. The molecule has 4 atom stereocenters. The standard InChI is InChI=1S/C14H26O2S.C13H24O3S.C12H21NO2S.C12H21NO2/c1-10(15)8-12(17-14(5,6)7)11(16)9-13(2,3)4;1-12(2,3)8-9(14)7-10(11(15)16)17-13(4,5)6;1-11(2,3)13-9(14)7-8(10(13)15)16-12(4,5)6;1-11(2,3)8-7-9(14)13(10(8)15)12(4,5)6/h12,15H,1,8-9H2,2-7H3;10H,7-8H2,1-6H3,(H,15,16);8H,7H2,1-6H3;8H,7H2,1-6H3. The number of imide groups is 2. The van der Waals surface area contributed by atoms with E-state index in [1.807, 2.05) is 104 Å². The number of carbonyl (C=O) groups is 7. The summed E-state index contributed by atoms with van der Waals surface area (Å²) in [5.74, 6) is -0.858. The fraction of sp³-hybridized carbons (Fsp3) is 0.824. The molecule has 2 saturated heterocycles. The number of Topliss-reactive ketones (excluding diaryl/α,β-unsaturated/α-hetero) is 2. The highest BCUT2D eigenvalue weighted by atomic mass is 32.2. The highest BCUT2D eigenvalue weighted by molar-refractivity contribution is 8.02. The number of carboxylic acids is 1. The van der Waals surface area contributed by atoms with Crippen molar-refractivity contribution in [3.8, 4) is 0 Å². The lowest BCUT2D eigenvalue weighted by Crippen LogP contribution is -2.46. The Hall–Kier alpha value is -2.32. The summed E-state index contributed by atoms with van der Waals surface area (Å²) >= 11 is 4.54. The van der Waals surface area contributed by atoms with Gasteiger partial charge in [-0.1, -0.05) is 131 Å². The number of carbonyl (C=O) groups excluding carboxylic acids is 6. The molecule has 2 fully saturated rings. The third-order valence-corrected chi connectivity index (χ3v) is 13.2. The van der Waals surface area contributed by atoms with Crippen molar-refractivity contribution in [2.45, 2.75) is 246 Å². The minimum atomic E-state index is -0.896. The monoisotopic (exact) mass is 973 g/mol. The molecule has 0 aromatic rings. The maximum Gasteiger partial charge on any atom is 0.317 e. The van der Waals surface area contributed by atoms with Crippen LogP contribution in [0.15, 0.2) is 12.3 Å². The van der Waals surface area contributed by atoms with Gasteiger partial charge in [-0.15, -0.1) is 35.3 Å². The molecule has 2 heterocycles. The highest BCUT2D eigenvalue weighted by Crippen LogP contribution is 2.39.